The van der Waals surface area contributed by atoms with Crippen LogP contribution in [0.15, 0.2) is 48.5 Å². The Kier molecular flexibility index (Phi) is 4.42. The fraction of sp³-hybridized carbons (Fsp3) is 0.125. The van der Waals surface area contributed by atoms with Gasteiger partial charge in [0.2, 0.25) is 5.91 Å². The summed E-state index contributed by atoms with van der Waals surface area (Å²) in [4.78, 5) is 11.7. The molecule has 106 valence electrons. The smallest absolute Gasteiger partial charge is 0.244 e. The van der Waals surface area contributed by atoms with Gasteiger partial charge in [-0.1, -0.05) is 24.3 Å². The van der Waals surface area contributed by atoms with E-state index >= 15 is 0 Å². The number of nitrogens with one attached hydrogen (secondary N) is 1. The Labute approximate surface area is 123 Å². The zero-order valence-electron chi connectivity index (χ0n) is 11.5. The molecule has 2 aromatic carbocycles. The van der Waals surface area contributed by atoms with Crippen LogP contribution in [-0.4, -0.2) is 13.0 Å². The molecule has 1 atom stereocenters. The van der Waals surface area contributed by atoms with E-state index in [-0.39, 0.29) is 0 Å². The highest BCUT2D eigenvalue weighted by atomic mass is 16.5. The molecule has 1 amide bonds. The van der Waals surface area contributed by atoms with Crippen LogP contribution in [-0.2, 0) is 4.79 Å². The third-order valence-electron chi connectivity index (χ3n) is 3.04. The Morgan fingerprint density at radius 2 is 2.05 bits per heavy atom. The van der Waals surface area contributed by atoms with Crippen LogP contribution in [0.2, 0.25) is 0 Å². The second kappa shape index (κ2) is 6.44. The SMILES string of the molecule is COc1ccccc1NC(C(N)=O)c1cccc(C#N)c1. The van der Waals surface area contributed by atoms with Gasteiger partial charge in [-0.25, -0.2) is 0 Å². The summed E-state index contributed by atoms with van der Waals surface area (Å²) >= 11 is 0. The molecular formula is C16H15N3O2. The van der Waals surface area contributed by atoms with Crippen molar-refractivity contribution in [1.29, 1.82) is 5.26 Å². The number of anilines is 1. The molecule has 2 aromatic rings. The summed E-state index contributed by atoms with van der Waals surface area (Å²) in [6.45, 7) is 0. The lowest BCUT2D eigenvalue weighted by molar-refractivity contribution is -0.118. The second-order valence-electron chi connectivity index (χ2n) is 4.42. The van der Waals surface area contributed by atoms with Crippen LogP contribution in [0.25, 0.3) is 0 Å². The Morgan fingerprint density at radius 1 is 1.29 bits per heavy atom. The lowest BCUT2D eigenvalue weighted by atomic mass is 10.0. The molecule has 5 heteroatoms. The number of nitrogens with zero attached hydrogens (tertiary/aromatic N) is 1. The predicted molar refractivity (Wildman–Crippen MR) is 79.7 cm³/mol. The molecule has 0 spiro atoms. The summed E-state index contributed by atoms with van der Waals surface area (Å²) in [5, 5.41) is 12.0. The standard InChI is InChI=1S/C16H15N3O2/c1-21-14-8-3-2-7-13(14)19-15(16(18)20)12-6-4-5-11(9-12)10-17/h2-9,15,19H,1H3,(H2,18,20). The molecule has 2 rings (SSSR count). The molecule has 0 aromatic heterocycles. The van der Waals surface area contributed by atoms with Crippen molar-refractivity contribution < 1.29 is 9.53 Å². The number of methoxy groups -OCH3 is 1. The molecule has 3 N–H and O–H groups in total. The van der Waals surface area contributed by atoms with Crippen LogP contribution in [0.1, 0.15) is 17.2 Å². The maximum Gasteiger partial charge on any atom is 0.244 e. The van der Waals surface area contributed by atoms with Crippen LogP contribution in [0, 0.1) is 11.3 Å². The highest BCUT2D eigenvalue weighted by molar-refractivity contribution is 5.85. The monoisotopic (exact) mass is 281 g/mol. The van der Waals surface area contributed by atoms with Gasteiger partial charge in [-0.15, -0.1) is 0 Å². The number of hydrogen-bond donors (Lipinski definition) is 2. The molecule has 0 bridgehead atoms. The molecule has 0 heterocycles. The molecule has 0 saturated heterocycles. The zero-order chi connectivity index (χ0) is 15.2. The van der Waals surface area contributed by atoms with Gasteiger partial charge in [0.05, 0.1) is 24.4 Å². The van der Waals surface area contributed by atoms with Crippen LogP contribution < -0.4 is 15.8 Å². The summed E-state index contributed by atoms with van der Waals surface area (Å²) < 4.78 is 5.24. The molecule has 0 saturated carbocycles. The molecule has 5 nitrogen and oxygen atoms in total. The first-order valence-electron chi connectivity index (χ1n) is 6.34. The van der Waals surface area contributed by atoms with E-state index < -0.39 is 11.9 Å². The minimum atomic E-state index is -0.741. The van der Waals surface area contributed by atoms with Gasteiger partial charge in [0.1, 0.15) is 11.8 Å². The van der Waals surface area contributed by atoms with E-state index in [1.807, 2.05) is 18.2 Å². The number of benzene rings is 2. The Morgan fingerprint density at radius 3 is 2.71 bits per heavy atom. The number of amides is 1. The highest BCUT2D eigenvalue weighted by Crippen LogP contribution is 2.28. The Hall–Kier alpha value is -3.00. The molecule has 0 radical (unpaired) electrons. The number of rotatable bonds is 5. The van der Waals surface area contributed by atoms with Crippen LogP contribution >= 0.6 is 0 Å². The van der Waals surface area contributed by atoms with Gasteiger partial charge in [-0.3, -0.25) is 4.79 Å². The Balaban J connectivity index is 2.36. The van der Waals surface area contributed by atoms with Gasteiger partial charge in [0.25, 0.3) is 0 Å². The summed E-state index contributed by atoms with van der Waals surface area (Å²) in [6, 6.07) is 15.3. The van der Waals surface area contributed by atoms with Crippen molar-refractivity contribution in [2.45, 2.75) is 6.04 Å². The van der Waals surface area contributed by atoms with E-state index in [4.69, 9.17) is 15.7 Å². The van der Waals surface area contributed by atoms with Gasteiger partial charge in [-0.2, -0.15) is 5.26 Å². The van der Waals surface area contributed by atoms with Crippen LogP contribution in [0.5, 0.6) is 5.75 Å². The van der Waals surface area contributed by atoms with E-state index in [1.165, 1.54) is 0 Å². The number of carbonyl (C=O) groups excluding carboxylic acids is 1. The quantitative estimate of drug-likeness (QED) is 0.879. The summed E-state index contributed by atoms with van der Waals surface area (Å²) in [7, 11) is 1.55. The number of ether oxygens (including phenoxy) is 1. The summed E-state index contributed by atoms with van der Waals surface area (Å²) in [5.74, 6) is 0.0798. The van der Waals surface area contributed by atoms with Crippen molar-refractivity contribution >= 4 is 11.6 Å². The van der Waals surface area contributed by atoms with Crippen molar-refractivity contribution in [2.24, 2.45) is 5.73 Å². The first-order valence-corrected chi connectivity index (χ1v) is 6.34. The maximum absolute atomic E-state index is 11.7. The number of hydrogen-bond acceptors (Lipinski definition) is 4. The highest BCUT2D eigenvalue weighted by Gasteiger charge is 2.19. The fourth-order valence-corrected chi connectivity index (χ4v) is 2.03. The number of para-hydroxylation sites is 2. The first-order chi connectivity index (χ1) is 10.2. The number of primary amides is 1. The normalized spacial score (nSPS) is 11.2. The summed E-state index contributed by atoms with van der Waals surface area (Å²) in [5.41, 5.74) is 7.24. The van der Waals surface area contributed by atoms with E-state index in [0.717, 1.165) is 0 Å². The third-order valence-corrected chi connectivity index (χ3v) is 3.04. The van der Waals surface area contributed by atoms with Crippen molar-refractivity contribution in [1.82, 2.24) is 0 Å². The fourth-order valence-electron chi connectivity index (χ4n) is 2.03. The van der Waals surface area contributed by atoms with E-state index in [0.29, 0.717) is 22.6 Å². The average Bonchev–Trinajstić information content (AvgIpc) is 2.52. The third kappa shape index (κ3) is 3.31. The molecule has 1 unspecified atom stereocenters. The first kappa shape index (κ1) is 14.4. The molecule has 0 aliphatic rings. The lowest BCUT2D eigenvalue weighted by Gasteiger charge is -2.19. The van der Waals surface area contributed by atoms with Gasteiger partial charge >= 0.3 is 0 Å². The van der Waals surface area contributed by atoms with Gasteiger partial charge < -0.3 is 15.8 Å². The second-order valence-corrected chi connectivity index (χ2v) is 4.42. The number of carbonyl (C=O) groups is 1. The topological polar surface area (TPSA) is 88.1 Å². The summed E-state index contributed by atoms with van der Waals surface area (Å²) in [6.07, 6.45) is 0. The van der Waals surface area contributed by atoms with E-state index in [2.05, 4.69) is 5.32 Å². The largest absolute Gasteiger partial charge is 0.495 e. The van der Waals surface area contributed by atoms with Crippen molar-refractivity contribution in [3.63, 3.8) is 0 Å². The van der Waals surface area contributed by atoms with Crippen molar-refractivity contribution in [3.8, 4) is 11.8 Å². The number of nitriles is 1. The molecule has 21 heavy (non-hydrogen) atoms. The molecule has 0 aliphatic heterocycles. The zero-order valence-corrected chi connectivity index (χ0v) is 11.5. The minimum Gasteiger partial charge on any atom is -0.495 e. The van der Waals surface area contributed by atoms with Crippen molar-refractivity contribution in [3.05, 3.63) is 59.7 Å². The van der Waals surface area contributed by atoms with Gasteiger partial charge in [0, 0.05) is 0 Å². The van der Waals surface area contributed by atoms with Crippen molar-refractivity contribution in [2.75, 3.05) is 12.4 Å². The maximum atomic E-state index is 11.7. The molecule has 0 fully saturated rings. The van der Waals surface area contributed by atoms with Crippen LogP contribution in [0.4, 0.5) is 5.69 Å². The predicted octanol–water partition coefficient (Wildman–Crippen LogP) is 2.21. The van der Waals surface area contributed by atoms with Gasteiger partial charge in [0.15, 0.2) is 0 Å². The lowest BCUT2D eigenvalue weighted by Crippen LogP contribution is -2.27. The van der Waals surface area contributed by atoms with Gasteiger partial charge in [-0.05, 0) is 29.8 Å². The van der Waals surface area contributed by atoms with E-state index in [9.17, 15) is 4.79 Å². The van der Waals surface area contributed by atoms with E-state index in [1.54, 1.807) is 43.5 Å². The number of nitrogens with two attached hydrogens (primary N) is 1. The average molecular weight is 281 g/mol. The molecular weight excluding hydrogens is 266 g/mol. The Bertz CT molecular complexity index is 692. The van der Waals surface area contributed by atoms with Crippen LogP contribution in [0.3, 0.4) is 0 Å². The molecule has 0 aliphatic carbocycles. The minimum absolute atomic E-state index is 0.473.